The van der Waals surface area contributed by atoms with Crippen LogP contribution in [0.15, 0.2) is 72.9 Å². The van der Waals surface area contributed by atoms with E-state index in [2.05, 4.69) is 88.5 Å². The van der Waals surface area contributed by atoms with Crippen molar-refractivity contribution in [2.75, 3.05) is 39.6 Å². The molecule has 2 unspecified atom stereocenters. The summed E-state index contributed by atoms with van der Waals surface area (Å²) in [6.07, 6.45) is 74.5. The van der Waals surface area contributed by atoms with E-state index in [4.69, 9.17) is 37.0 Å². The maximum Gasteiger partial charge on any atom is 0.472 e. The first-order valence-corrected chi connectivity index (χ1v) is 43.2. The fourth-order valence-electron chi connectivity index (χ4n) is 11.0. The van der Waals surface area contributed by atoms with E-state index < -0.39 is 97.5 Å². The molecule has 0 radical (unpaired) electrons. The Hall–Kier alpha value is -3.50. The fraction of sp³-hybridized carbons (Fsp3) is 0.802. The minimum absolute atomic E-state index is 0.0858. The van der Waals surface area contributed by atoms with Gasteiger partial charge >= 0.3 is 39.5 Å². The van der Waals surface area contributed by atoms with E-state index in [1.807, 2.05) is 12.2 Å². The molecule has 0 aromatic rings. The van der Waals surface area contributed by atoms with Gasteiger partial charge in [-0.2, -0.15) is 0 Å². The van der Waals surface area contributed by atoms with Crippen molar-refractivity contribution in [1.29, 1.82) is 0 Å². The summed E-state index contributed by atoms with van der Waals surface area (Å²) < 4.78 is 68.5. The van der Waals surface area contributed by atoms with Crippen molar-refractivity contribution in [2.45, 2.75) is 380 Å². The molecule has 100 heavy (non-hydrogen) atoms. The molecular formula is C81H146O17P2. The molecule has 0 saturated heterocycles. The first-order chi connectivity index (χ1) is 48.7. The maximum absolute atomic E-state index is 13.1. The molecule has 0 spiro atoms. The fourth-order valence-corrected chi connectivity index (χ4v) is 12.5. The third-order valence-corrected chi connectivity index (χ3v) is 19.0. The maximum atomic E-state index is 13.1. The number of rotatable bonds is 76. The van der Waals surface area contributed by atoms with Crippen molar-refractivity contribution in [1.82, 2.24) is 0 Å². The zero-order chi connectivity index (χ0) is 73.2. The van der Waals surface area contributed by atoms with Gasteiger partial charge in [-0.15, -0.1) is 0 Å². The number of unbranched alkanes of at least 4 members (excludes halogenated alkanes) is 38. The summed E-state index contributed by atoms with van der Waals surface area (Å²) in [6, 6.07) is 0. The lowest BCUT2D eigenvalue weighted by Gasteiger charge is -2.21. The lowest BCUT2D eigenvalue weighted by molar-refractivity contribution is -0.161. The van der Waals surface area contributed by atoms with Crippen LogP contribution in [0.4, 0.5) is 0 Å². The van der Waals surface area contributed by atoms with E-state index in [-0.39, 0.29) is 25.7 Å². The summed E-state index contributed by atoms with van der Waals surface area (Å²) >= 11 is 0. The molecule has 0 heterocycles. The monoisotopic (exact) mass is 1450 g/mol. The Morgan fingerprint density at radius 2 is 0.500 bits per heavy atom. The predicted octanol–water partition coefficient (Wildman–Crippen LogP) is 23.2. The number of aliphatic hydroxyl groups excluding tert-OH is 1. The van der Waals surface area contributed by atoms with Crippen LogP contribution in [-0.4, -0.2) is 96.7 Å². The zero-order valence-corrected chi connectivity index (χ0v) is 65.4. The van der Waals surface area contributed by atoms with Crippen LogP contribution in [0.1, 0.15) is 362 Å². The zero-order valence-electron chi connectivity index (χ0n) is 63.6. The Balaban J connectivity index is 5.38. The van der Waals surface area contributed by atoms with Crippen LogP contribution >= 0.6 is 15.6 Å². The third-order valence-electron chi connectivity index (χ3n) is 17.1. The Morgan fingerprint density at radius 3 is 0.820 bits per heavy atom. The summed E-state index contributed by atoms with van der Waals surface area (Å²) in [6.45, 7) is 4.82. The van der Waals surface area contributed by atoms with Crippen molar-refractivity contribution in [3.8, 4) is 0 Å². The van der Waals surface area contributed by atoms with Gasteiger partial charge in [0.05, 0.1) is 26.4 Å². The smallest absolute Gasteiger partial charge is 0.462 e. The Bertz CT molecular complexity index is 2180. The van der Waals surface area contributed by atoms with Crippen molar-refractivity contribution in [3.05, 3.63) is 72.9 Å². The van der Waals surface area contributed by atoms with Gasteiger partial charge in [0.2, 0.25) is 0 Å². The number of carbonyl (C=O) groups is 4. The summed E-state index contributed by atoms with van der Waals surface area (Å²) in [5.74, 6) is -2.23. The summed E-state index contributed by atoms with van der Waals surface area (Å²) in [7, 11) is -9.96. The summed E-state index contributed by atoms with van der Waals surface area (Å²) in [4.78, 5) is 72.9. The Labute approximate surface area is 609 Å². The van der Waals surface area contributed by atoms with Gasteiger partial charge < -0.3 is 33.8 Å². The van der Waals surface area contributed by atoms with Crippen LogP contribution in [-0.2, 0) is 65.4 Å². The second kappa shape index (κ2) is 73.8. The number of carbonyl (C=O) groups excluding carboxylic acids is 4. The van der Waals surface area contributed by atoms with E-state index in [1.165, 1.54) is 148 Å². The average Bonchev–Trinajstić information content (AvgIpc) is 0.965. The van der Waals surface area contributed by atoms with Crippen LogP contribution < -0.4 is 0 Å². The first-order valence-electron chi connectivity index (χ1n) is 40.2. The largest absolute Gasteiger partial charge is 0.472 e. The van der Waals surface area contributed by atoms with E-state index in [1.54, 1.807) is 0 Å². The van der Waals surface area contributed by atoms with E-state index in [9.17, 15) is 43.2 Å². The molecule has 0 saturated carbocycles. The summed E-state index contributed by atoms with van der Waals surface area (Å²) in [5, 5.41) is 10.6. The molecule has 0 rings (SSSR count). The average molecular weight is 1450 g/mol. The number of aliphatic hydroxyl groups is 1. The van der Waals surface area contributed by atoms with Gasteiger partial charge in [-0.05, 0) is 116 Å². The second-order valence-electron chi connectivity index (χ2n) is 27.0. The number of ether oxygens (including phenoxy) is 4. The highest BCUT2D eigenvalue weighted by Gasteiger charge is 2.30. The van der Waals surface area contributed by atoms with Gasteiger partial charge in [0.1, 0.15) is 19.3 Å². The Morgan fingerprint density at radius 1 is 0.280 bits per heavy atom. The molecule has 0 aromatic heterocycles. The molecule has 0 amide bonds. The van der Waals surface area contributed by atoms with Crippen molar-refractivity contribution in [2.24, 2.45) is 0 Å². The van der Waals surface area contributed by atoms with Crippen LogP contribution in [0.3, 0.4) is 0 Å². The molecule has 0 aromatic carbocycles. The van der Waals surface area contributed by atoms with Gasteiger partial charge in [-0.3, -0.25) is 37.3 Å². The van der Waals surface area contributed by atoms with Crippen molar-refractivity contribution >= 4 is 39.5 Å². The summed E-state index contributed by atoms with van der Waals surface area (Å²) in [5.41, 5.74) is 0. The van der Waals surface area contributed by atoms with E-state index >= 15 is 0 Å². The number of phosphoric acid groups is 2. The van der Waals surface area contributed by atoms with E-state index in [0.717, 1.165) is 128 Å². The molecule has 5 atom stereocenters. The van der Waals surface area contributed by atoms with Crippen molar-refractivity contribution < 1.29 is 80.2 Å². The molecule has 0 fully saturated rings. The number of allylic oxidation sites excluding steroid dienone is 12. The minimum atomic E-state index is -4.98. The molecule has 0 aliphatic carbocycles. The number of phosphoric ester groups is 2. The number of hydrogen-bond donors (Lipinski definition) is 3. The van der Waals surface area contributed by atoms with Gasteiger partial charge in [0, 0.05) is 25.7 Å². The van der Waals surface area contributed by atoms with E-state index in [0.29, 0.717) is 32.1 Å². The second-order valence-corrected chi connectivity index (χ2v) is 29.9. The quantitative estimate of drug-likeness (QED) is 0.0169. The molecule has 17 nitrogen and oxygen atoms in total. The molecule has 3 N–H and O–H groups in total. The lowest BCUT2D eigenvalue weighted by Crippen LogP contribution is -2.30. The molecular weight excluding hydrogens is 1310 g/mol. The third kappa shape index (κ3) is 72.8. The molecule has 0 aliphatic heterocycles. The molecule has 0 bridgehead atoms. The predicted molar refractivity (Wildman–Crippen MR) is 409 cm³/mol. The molecule has 0 aliphatic rings. The van der Waals surface area contributed by atoms with Crippen LogP contribution in [0.25, 0.3) is 0 Å². The number of hydrogen-bond acceptors (Lipinski definition) is 15. The van der Waals surface area contributed by atoms with Crippen molar-refractivity contribution in [3.63, 3.8) is 0 Å². The van der Waals surface area contributed by atoms with Crippen LogP contribution in [0, 0.1) is 0 Å². The SMILES string of the molecule is CCCCC/C=C\C/C=C\C/C=C\C/C=C\CCCC(=O)OC[C@H](COP(=O)(O)OC[C@@H](O)COP(=O)(O)OC[C@@H](COC(=O)CCCCCCC/C=C\CCCCCCCC)OC(=O)CCCCCCC/C=C\CCCCCCCC)OC(=O)CCCCCCCCCCCCCCC. The molecule has 19 heteroatoms. The number of esters is 4. The topological polar surface area (TPSA) is 237 Å². The Kier molecular flexibility index (Phi) is 71.2. The highest BCUT2D eigenvalue weighted by molar-refractivity contribution is 7.47. The van der Waals surface area contributed by atoms with Gasteiger partial charge in [-0.25, -0.2) is 9.13 Å². The normalized spacial score (nSPS) is 14.3. The minimum Gasteiger partial charge on any atom is -0.462 e. The lowest BCUT2D eigenvalue weighted by atomic mass is 10.0. The van der Waals surface area contributed by atoms with Gasteiger partial charge in [-0.1, -0.05) is 293 Å². The van der Waals surface area contributed by atoms with Crippen LogP contribution in [0.5, 0.6) is 0 Å². The van der Waals surface area contributed by atoms with Gasteiger partial charge in [0.15, 0.2) is 12.2 Å². The molecule has 582 valence electrons. The van der Waals surface area contributed by atoms with Crippen LogP contribution in [0.2, 0.25) is 0 Å². The van der Waals surface area contributed by atoms with Gasteiger partial charge in [0.25, 0.3) is 0 Å². The highest BCUT2D eigenvalue weighted by Crippen LogP contribution is 2.45. The highest BCUT2D eigenvalue weighted by atomic mass is 31.2. The first kappa shape index (κ1) is 96.5. The standard InChI is InChI=1S/C81H146O17P2/c1-5-9-13-17-21-25-29-33-36-37-40-43-46-50-54-58-62-66-79(84)92-71-76(97-80(85)67-63-59-55-51-47-41-32-28-24-20-16-12-8-4)73-95-99(87,88)93-69-75(82)70-94-100(89,90)96-74-77(98-81(86)68-64-60-56-52-48-44-39-35-31-27-23-19-15-11-7-3)72-91-78(83)65-61-57-53-49-45-42-38-34-30-26-22-18-14-10-6-2/h21,25,33-36,38-40,43,50,54,75-77,82H,5-20,22-24,26-32,37,41-42,44-49,51-53,55-74H2,1-4H3,(H,87,88)(H,89,90)/b25-21-,36-33-,38-34-,39-35-,43-40-,54-50-/t75-,76-,77-/m1/s1.